The topological polar surface area (TPSA) is 118 Å². The van der Waals surface area contributed by atoms with E-state index in [1.54, 1.807) is 11.5 Å². The lowest BCUT2D eigenvalue weighted by Crippen LogP contribution is -2.44. The fourth-order valence-electron chi connectivity index (χ4n) is 4.06. The summed E-state index contributed by atoms with van der Waals surface area (Å²) in [6, 6.07) is 9.67. The van der Waals surface area contributed by atoms with Gasteiger partial charge in [-0.15, -0.1) is 0 Å². The first-order valence-corrected chi connectivity index (χ1v) is 10.4. The molecule has 2 aromatic heterocycles. The number of nitrogens with one attached hydrogen (secondary N) is 1. The van der Waals surface area contributed by atoms with Crippen LogP contribution in [-0.2, 0) is 11.3 Å². The van der Waals surface area contributed by atoms with Crippen molar-refractivity contribution in [1.29, 1.82) is 0 Å². The van der Waals surface area contributed by atoms with Crippen LogP contribution >= 0.6 is 0 Å². The van der Waals surface area contributed by atoms with E-state index >= 15 is 0 Å². The van der Waals surface area contributed by atoms with Crippen LogP contribution in [0.1, 0.15) is 31.4 Å². The number of fused-ring (bicyclic) bond motifs is 1. The van der Waals surface area contributed by atoms with E-state index in [0.717, 1.165) is 5.56 Å². The lowest BCUT2D eigenvalue weighted by atomic mass is 10.1. The molecule has 4 rings (SSSR count). The number of nitrogens with zero attached hydrogens (tertiary/aromatic N) is 3. The fourth-order valence-corrected chi connectivity index (χ4v) is 4.06. The van der Waals surface area contributed by atoms with Crippen molar-refractivity contribution in [3.8, 4) is 0 Å². The molecule has 31 heavy (non-hydrogen) atoms. The molecule has 2 heterocycles. The highest BCUT2D eigenvalue weighted by Crippen LogP contribution is 2.38. The molecule has 1 aromatic carbocycles. The molecule has 4 atom stereocenters. The van der Waals surface area contributed by atoms with Gasteiger partial charge in [-0.2, -0.15) is 0 Å². The normalized spacial score (nSPS) is 23.2. The molecule has 1 aliphatic carbocycles. The molecule has 5 N–H and O–H groups in total. The predicted molar refractivity (Wildman–Crippen MR) is 115 cm³/mol. The minimum absolute atomic E-state index is 0.134. The first-order valence-electron chi connectivity index (χ1n) is 10.4. The maximum absolute atomic E-state index is 14.9. The van der Waals surface area contributed by atoms with E-state index in [-0.39, 0.29) is 25.2 Å². The van der Waals surface area contributed by atoms with E-state index in [1.807, 2.05) is 30.3 Å². The highest BCUT2D eigenvalue weighted by atomic mass is 19.1. The molecule has 0 amide bonds. The lowest BCUT2D eigenvalue weighted by Gasteiger charge is -2.25. The Kier molecular flexibility index (Phi) is 6.19. The van der Waals surface area contributed by atoms with Gasteiger partial charge in [0, 0.05) is 24.7 Å². The van der Waals surface area contributed by atoms with Gasteiger partial charge in [0.05, 0.1) is 24.7 Å². The van der Waals surface area contributed by atoms with Gasteiger partial charge < -0.3 is 30.6 Å². The van der Waals surface area contributed by atoms with Crippen molar-refractivity contribution >= 4 is 16.9 Å². The molecule has 9 heteroatoms. The Bertz CT molecular complexity index is 1030. The van der Waals surface area contributed by atoms with Crippen LogP contribution in [0.2, 0.25) is 0 Å². The molecule has 3 aromatic rings. The van der Waals surface area contributed by atoms with E-state index in [4.69, 9.17) is 10.5 Å². The van der Waals surface area contributed by atoms with Gasteiger partial charge in [0.15, 0.2) is 5.82 Å². The maximum Gasteiger partial charge on any atom is 0.154 e. The SMILES string of the molecule is CC(N)(CO)OC[C@@H]1C[C@@H](n2cc(F)c3c(NCc4ccccc4)ncnc32)C[C@@H]1O. The van der Waals surface area contributed by atoms with Gasteiger partial charge in [-0.1, -0.05) is 30.3 Å². The number of hydrogen-bond acceptors (Lipinski definition) is 7. The Balaban J connectivity index is 1.52. The van der Waals surface area contributed by atoms with Gasteiger partial charge in [-0.05, 0) is 25.3 Å². The van der Waals surface area contributed by atoms with Crippen LogP contribution in [0.5, 0.6) is 0 Å². The number of rotatable bonds is 8. The smallest absolute Gasteiger partial charge is 0.154 e. The van der Waals surface area contributed by atoms with Crippen LogP contribution in [0.25, 0.3) is 11.0 Å². The molecule has 0 spiro atoms. The molecule has 1 saturated carbocycles. The summed E-state index contributed by atoms with van der Waals surface area (Å²) >= 11 is 0. The zero-order valence-electron chi connectivity index (χ0n) is 17.4. The molecule has 1 unspecified atom stereocenters. The quantitative estimate of drug-likeness (QED) is 0.405. The lowest BCUT2D eigenvalue weighted by molar-refractivity contribution is -0.0856. The molecule has 166 valence electrons. The van der Waals surface area contributed by atoms with Gasteiger partial charge in [-0.25, -0.2) is 14.4 Å². The number of aliphatic hydroxyl groups excluding tert-OH is 2. The average Bonchev–Trinajstić information content (AvgIpc) is 3.31. The van der Waals surface area contributed by atoms with Crippen molar-refractivity contribution in [3.05, 3.63) is 54.2 Å². The van der Waals surface area contributed by atoms with Crippen LogP contribution in [0, 0.1) is 11.7 Å². The summed E-state index contributed by atoms with van der Waals surface area (Å²) in [5, 5.41) is 23.3. The second-order valence-corrected chi connectivity index (χ2v) is 8.38. The van der Waals surface area contributed by atoms with Crippen molar-refractivity contribution in [2.45, 2.75) is 44.2 Å². The number of aromatic nitrogens is 3. The van der Waals surface area contributed by atoms with Crippen molar-refractivity contribution in [2.24, 2.45) is 11.7 Å². The molecule has 8 nitrogen and oxygen atoms in total. The standard InChI is InChI=1S/C22H28FN5O3/c1-22(24,12-29)31-11-15-7-16(8-18(15)30)28-10-17(23)19-20(26-13-27-21(19)28)25-9-14-5-3-2-4-6-14/h2-6,10,13,15-16,18,29-30H,7-9,11-12,24H2,1H3,(H,25,26,27)/t15-,16+,18-,22?/m0/s1. The van der Waals surface area contributed by atoms with Gasteiger partial charge in [0.25, 0.3) is 0 Å². The van der Waals surface area contributed by atoms with E-state index < -0.39 is 17.6 Å². The Hall–Kier alpha value is -2.59. The summed E-state index contributed by atoms with van der Waals surface area (Å²) in [5.41, 5.74) is 6.21. The van der Waals surface area contributed by atoms with Crippen LogP contribution < -0.4 is 11.1 Å². The first-order chi connectivity index (χ1) is 14.9. The van der Waals surface area contributed by atoms with Gasteiger partial charge in [0.1, 0.15) is 23.5 Å². The molecular weight excluding hydrogens is 401 g/mol. The fraction of sp³-hybridized carbons (Fsp3) is 0.455. The summed E-state index contributed by atoms with van der Waals surface area (Å²) in [5.74, 6) is -0.141. The third kappa shape index (κ3) is 4.69. The third-order valence-corrected chi connectivity index (χ3v) is 5.83. The number of benzene rings is 1. The van der Waals surface area contributed by atoms with Crippen LogP contribution in [0.4, 0.5) is 10.2 Å². The number of ether oxygens (including phenoxy) is 1. The van der Waals surface area contributed by atoms with Crippen molar-refractivity contribution in [3.63, 3.8) is 0 Å². The van der Waals surface area contributed by atoms with E-state index in [2.05, 4.69) is 15.3 Å². The molecule has 1 aliphatic rings. The minimum Gasteiger partial charge on any atom is -0.393 e. The Morgan fingerprint density at radius 2 is 2.06 bits per heavy atom. The molecule has 0 aliphatic heterocycles. The summed E-state index contributed by atoms with van der Waals surface area (Å²) < 4.78 is 22.2. The molecule has 0 saturated heterocycles. The minimum atomic E-state index is -1.16. The maximum atomic E-state index is 14.9. The molecule has 0 bridgehead atoms. The van der Waals surface area contributed by atoms with E-state index in [0.29, 0.717) is 36.2 Å². The van der Waals surface area contributed by atoms with Crippen molar-refractivity contribution in [1.82, 2.24) is 14.5 Å². The number of halogens is 1. The first kappa shape index (κ1) is 21.6. The Labute approximate surface area is 179 Å². The summed E-state index contributed by atoms with van der Waals surface area (Å²) in [4.78, 5) is 8.55. The van der Waals surface area contributed by atoms with Crippen LogP contribution in [-0.4, -0.2) is 49.8 Å². The van der Waals surface area contributed by atoms with Gasteiger partial charge in [-0.3, -0.25) is 0 Å². The highest BCUT2D eigenvalue weighted by Gasteiger charge is 2.36. The van der Waals surface area contributed by atoms with Crippen LogP contribution in [0.15, 0.2) is 42.9 Å². The summed E-state index contributed by atoms with van der Waals surface area (Å²) in [6.07, 6.45) is 3.27. The second kappa shape index (κ2) is 8.88. The predicted octanol–water partition coefficient (Wildman–Crippen LogP) is 2.18. The van der Waals surface area contributed by atoms with E-state index in [9.17, 15) is 14.6 Å². The highest BCUT2D eigenvalue weighted by molar-refractivity contribution is 5.88. The zero-order valence-corrected chi connectivity index (χ0v) is 17.4. The van der Waals surface area contributed by atoms with Crippen molar-refractivity contribution in [2.75, 3.05) is 18.5 Å². The number of anilines is 1. The van der Waals surface area contributed by atoms with Gasteiger partial charge in [0.2, 0.25) is 0 Å². The number of nitrogens with two attached hydrogens (primary N) is 1. The zero-order chi connectivity index (χ0) is 22.0. The summed E-state index contributed by atoms with van der Waals surface area (Å²) in [7, 11) is 0. The third-order valence-electron chi connectivity index (χ3n) is 5.83. The van der Waals surface area contributed by atoms with Crippen LogP contribution in [0.3, 0.4) is 0 Å². The monoisotopic (exact) mass is 429 g/mol. The summed E-state index contributed by atoms with van der Waals surface area (Å²) in [6.45, 7) is 2.00. The van der Waals surface area contributed by atoms with E-state index in [1.165, 1.54) is 12.5 Å². The largest absolute Gasteiger partial charge is 0.393 e. The Morgan fingerprint density at radius 1 is 1.29 bits per heavy atom. The molecular formula is C22H28FN5O3. The molecule has 1 fully saturated rings. The average molecular weight is 429 g/mol. The van der Waals surface area contributed by atoms with Gasteiger partial charge >= 0.3 is 0 Å². The second-order valence-electron chi connectivity index (χ2n) is 8.38. The number of aliphatic hydroxyl groups is 2. The number of hydrogen-bond donors (Lipinski definition) is 4. The van der Waals surface area contributed by atoms with Crippen molar-refractivity contribution < 1.29 is 19.3 Å². The Morgan fingerprint density at radius 3 is 2.81 bits per heavy atom. The molecule has 0 radical (unpaired) electrons.